The van der Waals surface area contributed by atoms with Crippen LogP contribution in [0, 0.1) is 11.8 Å². The summed E-state index contributed by atoms with van der Waals surface area (Å²) < 4.78 is 0. The minimum atomic E-state index is 0.180. The van der Waals surface area contributed by atoms with Gasteiger partial charge in [0.05, 0.1) is 0 Å². The minimum absolute atomic E-state index is 0.180. The Morgan fingerprint density at radius 3 is 2.50 bits per heavy atom. The van der Waals surface area contributed by atoms with Crippen molar-refractivity contribution in [3.05, 3.63) is 35.9 Å². The van der Waals surface area contributed by atoms with Crippen LogP contribution in [0.4, 0.5) is 0 Å². The van der Waals surface area contributed by atoms with Crippen LogP contribution in [0.25, 0.3) is 0 Å². The molecule has 0 heterocycles. The molecule has 0 amide bonds. The molecule has 1 nitrogen and oxygen atoms in total. The van der Waals surface area contributed by atoms with Crippen LogP contribution >= 0.6 is 0 Å². The minimum Gasteiger partial charge on any atom is -0.324 e. The van der Waals surface area contributed by atoms with E-state index < -0.39 is 0 Å². The third kappa shape index (κ3) is 7.55. The van der Waals surface area contributed by atoms with Gasteiger partial charge in [0, 0.05) is 6.04 Å². The SMILES string of the molecule is CB/C=C\C(N)C(C)C/C=C(\C)C(C)C/C=C\C. The quantitative estimate of drug-likeness (QED) is 0.511. The Morgan fingerprint density at radius 2 is 1.94 bits per heavy atom. The maximum absolute atomic E-state index is 6.12. The van der Waals surface area contributed by atoms with E-state index in [-0.39, 0.29) is 6.04 Å². The molecule has 0 spiro atoms. The molecule has 0 aliphatic heterocycles. The molecule has 2 heteroatoms. The van der Waals surface area contributed by atoms with E-state index in [0.717, 1.165) is 20.1 Å². The van der Waals surface area contributed by atoms with Crippen LogP contribution in [0.5, 0.6) is 0 Å². The van der Waals surface area contributed by atoms with Gasteiger partial charge in [0.15, 0.2) is 0 Å². The van der Waals surface area contributed by atoms with E-state index in [9.17, 15) is 0 Å². The van der Waals surface area contributed by atoms with Gasteiger partial charge in [-0.1, -0.05) is 50.5 Å². The average Bonchev–Trinajstić information content (AvgIpc) is 2.38. The molecule has 0 rings (SSSR count). The van der Waals surface area contributed by atoms with E-state index in [1.807, 2.05) is 0 Å². The molecule has 0 aromatic heterocycles. The molecule has 2 N–H and O–H groups in total. The van der Waals surface area contributed by atoms with Crippen molar-refractivity contribution in [1.29, 1.82) is 0 Å². The molecule has 0 saturated heterocycles. The Kier molecular flexibility index (Phi) is 9.77. The van der Waals surface area contributed by atoms with Crippen molar-refractivity contribution in [3.8, 4) is 0 Å². The molecule has 0 aromatic rings. The molecule has 0 fully saturated rings. The molecular weight excluding hydrogens is 217 g/mol. The molecule has 0 saturated carbocycles. The highest BCUT2D eigenvalue weighted by molar-refractivity contribution is 6.40. The lowest BCUT2D eigenvalue weighted by molar-refractivity contribution is 0.522. The predicted molar refractivity (Wildman–Crippen MR) is 86.3 cm³/mol. The average molecular weight is 247 g/mol. The van der Waals surface area contributed by atoms with Crippen LogP contribution in [-0.4, -0.2) is 13.3 Å². The summed E-state index contributed by atoms with van der Waals surface area (Å²) in [5.41, 5.74) is 7.60. The highest BCUT2D eigenvalue weighted by Gasteiger charge is 2.09. The lowest BCUT2D eigenvalue weighted by atomic mass is 9.81. The maximum Gasteiger partial charge on any atom is 0.144 e. The van der Waals surface area contributed by atoms with Gasteiger partial charge in [0.1, 0.15) is 7.28 Å². The fraction of sp³-hybridized carbons (Fsp3) is 0.625. The van der Waals surface area contributed by atoms with Crippen molar-refractivity contribution in [2.75, 3.05) is 0 Å². The van der Waals surface area contributed by atoms with Gasteiger partial charge in [0.25, 0.3) is 0 Å². The van der Waals surface area contributed by atoms with E-state index >= 15 is 0 Å². The zero-order valence-electron chi connectivity index (χ0n) is 12.8. The highest BCUT2D eigenvalue weighted by atomic mass is 14.6. The van der Waals surface area contributed by atoms with Gasteiger partial charge in [-0.15, -0.1) is 5.98 Å². The van der Waals surface area contributed by atoms with Crippen molar-refractivity contribution in [2.24, 2.45) is 17.6 Å². The van der Waals surface area contributed by atoms with Crippen LogP contribution in [0.3, 0.4) is 0 Å². The molecule has 0 radical (unpaired) electrons. The summed E-state index contributed by atoms with van der Waals surface area (Å²) in [6.45, 7) is 11.0. The molecule has 3 atom stereocenters. The van der Waals surface area contributed by atoms with Crippen LogP contribution in [0.15, 0.2) is 35.9 Å². The van der Waals surface area contributed by atoms with Gasteiger partial charge in [-0.05, 0) is 38.5 Å². The number of nitrogens with two attached hydrogens (primary N) is 1. The number of allylic oxidation sites excluding steroid dienone is 4. The van der Waals surface area contributed by atoms with E-state index in [1.165, 1.54) is 5.57 Å². The molecule has 102 valence electrons. The van der Waals surface area contributed by atoms with Crippen molar-refractivity contribution in [1.82, 2.24) is 0 Å². The fourth-order valence-electron chi connectivity index (χ4n) is 1.74. The first-order valence-electron chi connectivity index (χ1n) is 7.22. The summed E-state index contributed by atoms with van der Waals surface area (Å²) in [4.78, 5) is 0. The van der Waals surface area contributed by atoms with Crippen molar-refractivity contribution in [3.63, 3.8) is 0 Å². The first kappa shape index (κ1) is 17.2. The standard InChI is InChI=1S/C16H30BN/c1-6-7-8-13(2)14(3)9-10-15(4)16(18)11-12-17-5/h6-7,9,11-13,15-17H,8,10,18H2,1-5H3/b7-6-,12-11-,14-9+. The Labute approximate surface area is 114 Å². The molecule has 0 bridgehead atoms. The molecular formula is C16H30BN. The van der Waals surface area contributed by atoms with Crippen LogP contribution < -0.4 is 5.73 Å². The van der Waals surface area contributed by atoms with E-state index in [1.54, 1.807) is 0 Å². The van der Waals surface area contributed by atoms with E-state index in [4.69, 9.17) is 5.73 Å². The van der Waals surface area contributed by atoms with Crippen molar-refractivity contribution in [2.45, 2.75) is 53.4 Å². The Hall–Kier alpha value is -0.755. The van der Waals surface area contributed by atoms with Gasteiger partial charge >= 0.3 is 0 Å². The molecule has 3 unspecified atom stereocenters. The van der Waals surface area contributed by atoms with Crippen LogP contribution in [0.2, 0.25) is 6.82 Å². The second-order valence-corrected chi connectivity index (χ2v) is 5.28. The first-order chi connectivity index (χ1) is 8.52. The zero-order valence-corrected chi connectivity index (χ0v) is 12.8. The molecule has 0 aliphatic rings. The lowest BCUT2D eigenvalue weighted by Gasteiger charge is -2.16. The number of hydrogen-bond acceptors (Lipinski definition) is 1. The normalized spacial score (nSPS) is 18.2. The summed E-state index contributed by atoms with van der Waals surface area (Å²) in [6, 6.07) is 0.180. The highest BCUT2D eigenvalue weighted by Crippen LogP contribution is 2.18. The summed E-state index contributed by atoms with van der Waals surface area (Å²) in [7, 11) is 1.07. The third-order valence-electron chi connectivity index (χ3n) is 3.57. The summed E-state index contributed by atoms with van der Waals surface area (Å²) >= 11 is 0. The Morgan fingerprint density at radius 1 is 1.28 bits per heavy atom. The zero-order chi connectivity index (χ0) is 14.0. The van der Waals surface area contributed by atoms with Gasteiger partial charge in [-0.2, -0.15) is 0 Å². The van der Waals surface area contributed by atoms with Gasteiger partial charge in [-0.3, -0.25) is 0 Å². The van der Waals surface area contributed by atoms with Crippen LogP contribution in [0.1, 0.15) is 40.5 Å². The molecule has 0 aliphatic carbocycles. The predicted octanol–water partition coefficient (Wildman–Crippen LogP) is 3.89. The second-order valence-electron chi connectivity index (χ2n) is 5.28. The van der Waals surface area contributed by atoms with E-state index in [0.29, 0.717) is 11.8 Å². The smallest absolute Gasteiger partial charge is 0.144 e. The largest absolute Gasteiger partial charge is 0.324 e. The monoisotopic (exact) mass is 247 g/mol. The summed E-state index contributed by atoms with van der Waals surface area (Å²) in [5.74, 6) is 3.30. The van der Waals surface area contributed by atoms with Gasteiger partial charge < -0.3 is 5.73 Å². The summed E-state index contributed by atoms with van der Waals surface area (Å²) in [6.07, 6.45) is 11.1. The Balaban J connectivity index is 4.22. The number of hydrogen-bond donors (Lipinski definition) is 1. The molecule has 18 heavy (non-hydrogen) atoms. The van der Waals surface area contributed by atoms with Crippen LogP contribution in [-0.2, 0) is 0 Å². The summed E-state index contributed by atoms with van der Waals surface area (Å²) in [5, 5.41) is 0. The topological polar surface area (TPSA) is 26.0 Å². The van der Waals surface area contributed by atoms with Crippen molar-refractivity contribution >= 4 is 7.28 Å². The second kappa shape index (κ2) is 10.2. The number of rotatable bonds is 8. The molecule has 0 aromatic carbocycles. The van der Waals surface area contributed by atoms with Gasteiger partial charge in [0.2, 0.25) is 0 Å². The van der Waals surface area contributed by atoms with Gasteiger partial charge in [-0.25, -0.2) is 0 Å². The third-order valence-corrected chi connectivity index (χ3v) is 3.57. The van der Waals surface area contributed by atoms with E-state index in [2.05, 4.69) is 64.8 Å². The lowest BCUT2D eigenvalue weighted by Crippen LogP contribution is -2.25. The van der Waals surface area contributed by atoms with Crippen molar-refractivity contribution < 1.29 is 0 Å². The fourth-order valence-corrected chi connectivity index (χ4v) is 1.74. The maximum atomic E-state index is 6.12. The Bertz CT molecular complexity index is 291. The first-order valence-corrected chi connectivity index (χ1v) is 7.22.